The lowest BCUT2D eigenvalue weighted by molar-refractivity contribution is 1.11. The molecule has 0 aromatic rings. The quantitative estimate of drug-likeness (QED) is 0.493. The van der Waals surface area contributed by atoms with E-state index in [4.69, 9.17) is 5.26 Å². The van der Waals surface area contributed by atoms with E-state index in [1.54, 1.807) is 6.19 Å². The normalized spacial score (nSPS) is 13.9. The molecule has 0 fully saturated rings. The highest BCUT2D eigenvalue weighted by Crippen LogP contribution is 1.92. The van der Waals surface area contributed by atoms with Gasteiger partial charge in [0, 0.05) is 5.25 Å². The molecule has 8 heavy (non-hydrogen) atoms. The molecule has 0 aliphatic carbocycles. The summed E-state index contributed by atoms with van der Waals surface area (Å²) in [5.74, 6) is 0. The van der Waals surface area contributed by atoms with Gasteiger partial charge in [-0.05, 0) is 6.26 Å². The second-order valence-electron chi connectivity index (χ2n) is 1.76. The summed E-state index contributed by atoms with van der Waals surface area (Å²) in [6.07, 6.45) is 3.75. The van der Waals surface area contributed by atoms with Crippen molar-refractivity contribution in [2.24, 2.45) is 4.36 Å². The zero-order chi connectivity index (χ0) is 6.57. The minimum absolute atomic E-state index is 0.0579. The van der Waals surface area contributed by atoms with Crippen LogP contribution in [0.2, 0.25) is 0 Å². The molecule has 0 bridgehead atoms. The Balaban J connectivity index is 3.85. The van der Waals surface area contributed by atoms with Crippen LogP contribution >= 0.6 is 0 Å². The molecule has 0 amide bonds. The Kier molecular flexibility index (Phi) is 3.46. The SMILES string of the molecule is CC(C)S(C)=NC#N. The molecule has 2 nitrogen and oxygen atoms in total. The average Bonchev–Trinajstić information content (AvgIpc) is 1.67. The average molecular weight is 130 g/mol. The van der Waals surface area contributed by atoms with E-state index in [1.165, 1.54) is 0 Å². The van der Waals surface area contributed by atoms with Gasteiger partial charge in [-0.15, -0.1) is 0 Å². The summed E-state index contributed by atoms with van der Waals surface area (Å²) in [4.78, 5) is 0. The summed E-state index contributed by atoms with van der Waals surface area (Å²) in [5.41, 5.74) is 0. The summed E-state index contributed by atoms with van der Waals surface area (Å²) in [5, 5.41) is 8.58. The molecule has 0 N–H and O–H groups in total. The monoisotopic (exact) mass is 130 g/mol. The van der Waals surface area contributed by atoms with Crippen LogP contribution in [0.4, 0.5) is 0 Å². The van der Waals surface area contributed by atoms with Gasteiger partial charge in [0.25, 0.3) is 0 Å². The summed E-state index contributed by atoms with van der Waals surface area (Å²) in [6, 6.07) is 0. The maximum atomic E-state index is 8.08. The van der Waals surface area contributed by atoms with E-state index >= 15 is 0 Å². The topological polar surface area (TPSA) is 36.1 Å². The standard InChI is InChI=1S/C5H10N2S/c1-5(2)8(3)7-4-6/h5H,1-3H3. The van der Waals surface area contributed by atoms with Crippen LogP contribution in [0.1, 0.15) is 13.8 Å². The van der Waals surface area contributed by atoms with Crippen LogP contribution in [-0.4, -0.2) is 11.5 Å². The molecule has 1 unspecified atom stereocenters. The van der Waals surface area contributed by atoms with E-state index < -0.39 is 0 Å². The first-order valence-electron chi connectivity index (χ1n) is 2.43. The van der Waals surface area contributed by atoms with Crippen molar-refractivity contribution in [2.75, 3.05) is 6.26 Å². The van der Waals surface area contributed by atoms with E-state index in [1.807, 2.05) is 6.26 Å². The van der Waals surface area contributed by atoms with Gasteiger partial charge in [0.2, 0.25) is 6.19 Å². The van der Waals surface area contributed by atoms with Crippen LogP contribution in [-0.2, 0) is 10.7 Å². The minimum Gasteiger partial charge on any atom is -0.170 e. The maximum Gasteiger partial charge on any atom is 0.212 e. The van der Waals surface area contributed by atoms with Gasteiger partial charge in [-0.3, -0.25) is 0 Å². The van der Waals surface area contributed by atoms with Crippen LogP contribution in [0, 0.1) is 11.5 Å². The highest BCUT2D eigenvalue weighted by Gasteiger charge is 1.92. The number of hydrogen-bond donors (Lipinski definition) is 0. The Bertz CT molecular complexity index is 132. The Morgan fingerprint density at radius 3 is 2.25 bits per heavy atom. The molecule has 0 heterocycles. The smallest absolute Gasteiger partial charge is 0.170 e. The fourth-order valence-electron chi connectivity index (χ4n) is 0.170. The molecule has 0 saturated carbocycles. The van der Waals surface area contributed by atoms with E-state index in [0.29, 0.717) is 5.25 Å². The summed E-state index contributed by atoms with van der Waals surface area (Å²) in [7, 11) is -0.0579. The largest absolute Gasteiger partial charge is 0.212 e. The Morgan fingerprint density at radius 1 is 1.62 bits per heavy atom. The molecule has 0 saturated heterocycles. The molecule has 0 aromatic heterocycles. The van der Waals surface area contributed by atoms with Gasteiger partial charge < -0.3 is 0 Å². The van der Waals surface area contributed by atoms with Crippen molar-refractivity contribution in [2.45, 2.75) is 19.1 Å². The number of rotatable bonds is 1. The van der Waals surface area contributed by atoms with Crippen LogP contribution in [0.25, 0.3) is 0 Å². The van der Waals surface area contributed by atoms with E-state index in [0.717, 1.165) is 0 Å². The van der Waals surface area contributed by atoms with Gasteiger partial charge in [-0.2, -0.15) is 9.62 Å². The minimum atomic E-state index is -0.0579. The molecule has 0 spiro atoms. The fraction of sp³-hybridized carbons (Fsp3) is 0.800. The van der Waals surface area contributed by atoms with Crippen LogP contribution in [0.15, 0.2) is 4.36 Å². The molecule has 0 aliphatic rings. The second kappa shape index (κ2) is 3.62. The number of nitrogens with zero attached hydrogens (tertiary/aromatic N) is 2. The van der Waals surface area contributed by atoms with Crippen molar-refractivity contribution in [3.63, 3.8) is 0 Å². The molecule has 1 atom stereocenters. The zero-order valence-electron chi connectivity index (χ0n) is 5.38. The highest BCUT2D eigenvalue weighted by atomic mass is 32.2. The Morgan fingerprint density at radius 2 is 2.12 bits per heavy atom. The van der Waals surface area contributed by atoms with Gasteiger partial charge in [0.05, 0.1) is 0 Å². The number of nitriles is 1. The third-order valence-electron chi connectivity index (χ3n) is 0.867. The summed E-state index contributed by atoms with van der Waals surface area (Å²) >= 11 is 0. The van der Waals surface area contributed by atoms with Gasteiger partial charge in [-0.25, -0.2) is 0 Å². The summed E-state index contributed by atoms with van der Waals surface area (Å²) in [6.45, 7) is 4.12. The van der Waals surface area contributed by atoms with Crippen molar-refractivity contribution < 1.29 is 0 Å². The van der Waals surface area contributed by atoms with Crippen LogP contribution in [0.3, 0.4) is 0 Å². The molecular weight excluding hydrogens is 120 g/mol. The third-order valence-corrected chi connectivity index (χ3v) is 2.60. The molecule has 0 radical (unpaired) electrons. The fourth-order valence-corrected chi connectivity index (χ4v) is 0.509. The molecule has 46 valence electrons. The van der Waals surface area contributed by atoms with Gasteiger partial charge in [0.1, 0.15) is 0 Å². The summed E-state index contributed by atoms with van der Waals surface area (Å²) < 4.78 is 3.66. The Hall–Kier alpha value is -0.360. The molecular formula is C5H10N2S. The zero-order valence-corrected chi connectivity index (χ0v) is 6.20. The number of hydrogen-bond acceptors (Lipinski definition) is 2. The van der Waals surface area contributed by atoms with Crippen molar-refractivity contribution in [1.82, 2.24) is 0 Å². The van der Waals surface area contributed by atoms with Crippen molar-refractivity contribution >= 4 is 10.7 Å². The molecule has 0 rings (SSSR count). The first-order valence-corrected chi connectivity index (χ1v) is 4.08. The molecule has 0 aliphatic heterocycles. The van der Waals surface area contributed by atoms with Crippen LogP contribution in [0.5, 0.6) is 0 Å². The first-order chi connectivity index (χ1) is 3.68. The third kappa shape index (κ3) is 2.75. The van der Waals surface area contributed by atoms with Gasteiger partial charge in [0.15, 0.2) is 0 Å². The lowest BCUT2D eigenvalue weighted by Gasteiger charge is -1.99. The Labute approximate surface area is 52.6 Å². The van der Waals surface area contributed by atoms with Gasteiger partial charge in [-0.1, -0.05) is 24.5 Å². The van der Waals surface area contributed by atoms with E-state index in [9.17, 15) is 0 Å². The van der Waals surface area contributed by atoms with Crippen molar-refractivity contribution in [3.05, 3.63) is 0 Å². The highest BCUT2D eigenvalue weighted by molar-refractivity contribution is 7.87. The molecule has 0 aromatic carbocycles. The predicted molar refractivity (Wildman–Crippen MR) is 36.5 cm³/mol. The predicted octanol–water partition coefficient (Wildman–Crippen LogP) is 1.31. The van der Waals surface area contributed by atoms with Crippen LogP contribution < -0.4 is 0 Å². The van der Waals surface area contributed by atoms with Crippen molar-refractivity contribution in [3.8, 4) is 6.19 Å². The van der Waals surface area contributed by atoms with Crippen molar-refractivity contribution in [1.29, 1.82) is 5.26 Å². The lowest BCUT2D eigenvalue weighted by atomic mass is 10.6. The first kappa shape index (κ1) is 7.64. The van der Waals surface area contributed by atoms with E-state index in [-0.39, 0.29) is 10.7 Å². The lowest BCUT2D eigenvalue weighted by Crippen LogP contribution is -2.01. The van der Waals surface area contributed by atoms with E-state index in [2.05, 4.69) is 18.2 Å². The second-order valence-corrected chi connectivity index (χ2v) is 3.94. The maximum absolute atomic E-state index is 8.08. The molecule has 3 heteroatoms. The van der Waals surface area contributed by atoms with Gasteiger partial charge >= 0.3 is 0 Å².